The normalized spacial score (nSPS) is 18.1. The number of methoxy groups -OCH3 is 1. The fourth-order valence-electron chi connectivity index (χ4n) is 2.89. The second-order valence-corrected chi connectivity index (χ2v) is 6.47. The van der Waals surface area contributed by atoms with Gasteiger partial charge >= 0.3 is 0 Å². The summed E-state index contributed by atoms with van der Waals surface area (Å²) in [7, 11) is 1.54. The summed E-state index contributed by atoms with van der Waals surface area (Å²) in [6.45, 7) is 0.166. The smallest absolute Gasteiger partial charge is 0.262 e. The monoisotopic (exact) mass is 376 g/mol. The van der Waals surface area contributed by atoms with Gasteiger partial charge in [-0.2, -0.15) is 0 Å². The first-order valence-corrected chi connectivity index (χ1v) is 8.69. The van der Waals surface area contributed by atoms with Gasteiger partial charge in [0.15, 0.2) is 11.5 Å². The molecular weight excluding hydrogens is 354 g/mol. The molecule has 1 saturated heterocycles. The van der Waals surface area contributed by atoms with Crippen molar-refractivity contribution in [1.82, 2.24) is 10.6 Å². The highest BCUT2D eigenvalue weighted by molar-refractivity contribution is 5.82. The van der Waals surface area contributed by atoms with Gasteiger partial charge in [0.2, 0.25) is 5.91 Å². The van der Waals surface area contributed by atoms with Crippen molar-refractivity contribution in [2.24, 2.45) is 0 Å². The van der Waals surface area contributed by atoms with E-state index in [1.165, 1.54) is 7.11 Å². The molecule has 0 radical (unpaired) electrons. The lowest BCUT2D eigenvalue weighted by Gasteiger charge is -2.14. The maximum atomic E-state index is 13.2. The number of amides is 1. The first kappa shape index (κ1) is 19.1. The SMILES string of the molecule is COc1cc(CNC(=O)C2CC(F)(F)CN2)ccc1OCc1ccccc1. The standard InChI is InChI=1S/C20H22F2N2O3/c1-26-18-9-15(11-23-19(25)16-10-20(21,22)13-24-16)7-8-17(18)27-12-14-5-3-2-4-6-14/h2-9,16,24H,10-13H2,1H3,(H,23,25). The minimum absolute atomic E-state index is 0.220. The average molecular weight is 376 g/mol. The molecule has 0 bridgehead atoms. The quantitative estimate of drug-likeness (QED) is 0.780. The van der Waals surface area contributed by atoms with Gasteiger partial charge in [-0.25, -0.2) is 8.78 Å². The molecule has 1 aliphatic rings. The maximum Gasteiger partial charge on any atom is 0.262 e. The zero-order chi connectivity index (χ0) is 19.3. The predicted molar refractivity (Wildman–Crippen MR) is 97.0 cm³/mol. The predicted octanol–water partition coefficient (Wildman–Crippen LogP) is 2.89. The van der Waals surface area contributed by atoms with Crippen molar-refractivity contribution in [3.63, 3.8) is 0 Å². The molecular formula is C20H22F2N2O3. The van der Waals surface area contributed by atoms with E-state index in [1.54, 1.807) is 18.2 Å². The fourth-order valence-corrected chi connectivity index (χ4v) is 2.89. The minimum atomic E-state index is -2.83. The van der Waals surface area contributed by atoms with E-state index in [0.717, 1.165) is 11.1 Å². The number of rotatable bonds is 7. The van der Waals surface area contributed by atoms with Crippen molar-refractivity contribution in [3.8, 4) is 11.5 Å². The van der Waals surface area contributed by atoms with E-state index in [0.29, 0.717) is 18.1 Å². The first-order chi connectivity index (χ1) is 13.0. The topological polar surface area (TPSA) is 59.6 Å². The largest absolute Gasteiger partial charge is 0.493 e. The van der Waals surface area contributed by atoms with Crippen molar-refractivity contribution >= 4 is 5.91 Å². The zero-order valence-corrected chi connectivity index (χ0v) is 15.0. The number of carbonyl (C=O) groups is 1. The van der Waals surface area contributed by atoms with Crippen LogP contribution in [-0.4, -0.2) is 31.5 Å². The number of halogens is 2. The molecule has 1 heterocycles. The second kappa shape index (κ2) is 8.35. The van der Waals surface area contributed by atoms with Crippen LogP contribution in [0.15, 0.2) is 48.5 Å². The van der Waals surface area contributed by atoms with E-state index in [9.17, 15) is 13.6 Å². The minimum Gasteiger partial charge on any atom is -0.493 e. The summed E-state index contributed by atoms with van der Waals surface area (Å²) >= 11 is 0. The molecule has 144 valence electrons. The summed E-state index contributed by atoms with van der Waals surface area (Å²) in [5.41, 5.74) is 1.83. The van der Waals surface area contributed by atoms with Crippen molar-refractivity contribution < 1.29 is 23.0 Å². The molecule has 5 nitrogen and oxygen atoms in total. The molecule has 0 saturated carbocycles. The van der Waals surface area contributed by atoms with Gasteiger partial charge in [-0.3, -0.25) is 10.1 Å². The molecule has 3 rings (SSSR count). The Balaban J connectivity index is 1.56. The summed E-state index contributed by atoms with van der Waals surface area (Å²) in [6, 6.07) is 14.2. The Hall–Kier alpha value is -2.67. The Morgan fingerprint density at radius 1 is 1.19 bits per heavy atom. The highest BCUT2D eigenvalue weighted by Gasteiger charge is 2.42. The molecule has 1 amide bonds. The molecule has 1 unspecified atom stereocenters. The number of carbonyl (C=O) groups excluding carboxylic acids is 1. The van der Waals surface area contributed by atoms with Crippen LogP contribution in [0.25, 0.3) is 0 Å². The maximum absolute atomic E-state index is 13.2. The number of alkyl halides is 2. The molecule has 1 fully saturated rings. The van der Waals surface area contributed by atoms with E-state index >= 15 is 0 Å². The average Bonchev–Trinajstić information content (AvgIpc) is 3.05. The third-order valence-corrected chi connectivity index (χ3v) is 4.36. The highest BCUT2D eigenvalue weighted by Crippen LogP contribution is 2.29. The number of hydrogen-bond donors (Lipinski definition) is 2. The van der Waals surface area contributed by atoms with Crippen LogP contribution in [0.5, 0.6) is 11.5 Å². The van der Waals surface area contributed by atoms with Crippen LogP contribution in [0, 0.1) is 0 Å². The Labute approximate surface area is 156 Å². The van der Waals surface area contributed by atoms with Gasteiger partial charge in [0.05, 0.1) is 19.7 Å². The molecule has 27 heavy (non-hydrogen) atoms. The van der Waals surface area contributed by atoms with Gasteiger partial charge in [0.25, 0.3) is 5.92 Å². The molecule has 2 N–H and O–H groups in total. The molecule has 2 aromatic rings. The van der Waals surface area contributed by atoms with Gasteiger partial charge in [-0.15, -0.1) is 0 Å². The van der Waals surface area contributed by atoms with Crippen LogP contribution in [0.1, 0.15) is 17.5 Å². The number of benzene rings is 2. The van der Waals surface area contributed by atoms with Crippen molar-refractivity contribution in [1.29, 1.82) is 0 Å². The van der Waals surface area contributed by atoms with Gasteiger partial charge in [-0.1, -0.05) is 36.4 Å². The summed E-state index contributed by atoms with van der Waals surface area (Å²) in [5, 5.41) is 5.22. The number of nitrogens with one attached hydrogen (secondary N) is 2. The summed E-state index contributed by atoms with van der Waals surface area (Å²) in [6.07, 6.45) is -0.478. The van der Waals surface area contributed by atoms with Crippen LogP contribution in [0.4, 0.5) is 8.78 Å². The molecule has 2 aromatic carbocycles. The molecule has 1 atom stereocenters. The van der Waals surface area contributed by atoms with Crippen LogP contribution in [0.2, 0.25) is 0 Å². The van der Waals surface area contributed by atoms with Gasteiger partial charge in [0.1, 0.15) is 6.61 Å². The van der Waals surface area contributed by atoms with E-state index in [-0.39, 0.29) is 6.54 Å². The zero-order valence-electron chi connectivity index (χ0n) is 15.0. The van der Waals surface area contributed by atoms with E-state index in [1.807, 2.05) is 30.3 Å². The van der Waals surface area contributed by atoms with Crippen LogP contribution in [-0.2, 0) is 17.9 Å². The Bertz CT molecular complexity index is 784. The molecule has 7 heteroatoms. The number of hydrogen-bond acceptors (Lipinski definition) is 4. The second-order valence-electron chi connectivity index (χ2n) is 6.47. The van der Waals surface area contributed by atoms with Gasteiger partial charge < -0.3 is 14.8 Å². The van der Waals surface area contributed by atoms with Gasteiger partial charge in [-0.05, 0) is 23.3 Å². The van der Waals surface area contributed by atoms with Crippen LogP contribution >= 0.6 is 0 Å². The van der Waals surface area contributed by atoms with Crippen LogP contribution < -0.4 is 20.1 Å². The third kappa shape index (κ3) is 5.17. The van der Waals surface area contributed by atoms with Crippen molar-refractivity contribution in [2.75, 3.05) is 13.7 Å². The van der Waals surface area contributed by atoms with E-state index < -0.39 is 30.8 Å². The van der Waals surface area contributed by atoms with E-state index in [2.05, 4.69) is 10.6 Å². The molecule has 0 aliphatic carbocycles. The Morgan fingerprint density at radius 3 is 2.63 bits per heavy atom. The number of ether oxygens (including phenoxy) is 2. The molecule has 0 aromatic heterocycles. The van der Waals surface area contributed by atoms with Crippen LogP contribution in [0.3, 0.4) is 0 Å². The van der Waals surface area contributed by atoms with E-state index in [4.69, 9.17) is 9.47 Å². The molecule has 0 spiro atoms. The van der Waals surface area contributed by atoms with Crippen molar-refractivity contribution in [2.45, 2.75) is 31.5 Å². The lowest BCUT2D eigenvalue weighted by Crippen LogP contribution is -2.40. The lowest BCUT2D eigenvalue weighted by atomic mass is 10.1. The molecule has 1 aliphatic heterocycles. The Morgan fingerprint density at radius 2 is 1.96 bits per heavy atom. The summed E-state index contributed by atoms with van der Waals surface area (Å²) in [4.78, 5) is 12.0. The lowest BCUT2D eigenvalue weighted by molar-refractivity contribution is -0.123. The highest BCUT2D eigenvalue weighted by atomic mass is 19.3. The van der Waals surface area contributed by atoms with Crippen molar-refractivity contribution in [3.05, 3.63) is 59.7 Å². The summed E-state index contributed by atoms with van der Waals surface area (Å²) < 4.78 is 37.5. The fraction of sp³-hybridized carbons (Fsp3) is 0.350. The third-order valence-electron chi connectivity index (χ3n) is 4.36. The Kier molecular flexibility index (Phi) is 5.91. The van der Waals surface area contributed by atoms with Gasteiger partial charge in [0, 0.05) is 13.0 Å². The first-order valence-electron chi connectivity index (χ1n) is 8.69. The summed E-state index contributed by atoms with van der Waals surface area (Å²) in [5.74, 6) is -2.13.